The molecule has 0 aliphatic carbocycles. The molecule has 2 rings (SSSR count). The molecule has 0 saturated carbocycles. The number of halogens is 1. The lowest BCUT2D eigenvalue weighted by Crippen LogP contribution is -2.55. The van der Waals surface area contributed by atoms with E-state index in [1.807, 2.05) is 30.3 Å². The highest BCUT2D eigenvalue weighted by Crippen LogP contribution is 2.15. The van der Waals surface area contributed by atoms with Crippen LogP contribution in [0.1, 0.15) is 25.0 Å². The number of nitrogens with zero attached hydrogens (tertiary/aromatic N) is 1. The maximum Gasteiger partial charge on any atom is 0.408 e. The van der Waals surface area contributed by atoms with Crippen LogP contribution in [0.25, 0.3) is 0 Å². The number of alkyl carbamates (subject to hydrolysis) is 1. The molecule has 3 amide bonds. The Balaban J connectivity index is 1.99. The molecule has 0 aliphatic rings. The van der Waals surface area contributed by atoms with Gasteiger partial charge in [-0.15, -0.1) is 0 Å². The van der Waals surface area contributed by atoms with Crippen molar-refractivity contribution in [2.24, 2.45) is 11.7 Å². The van der Waals surface area contributed by atoms with Gasteiger partial charge in [-0.25, -0.2) is 9.78 Å². The number of carbonyl (C=O) groups is 3. The maximum atomic E-state index is 12.8. The number of ether oxygens (including phenoxy) is 1. The van der Waals surface area contributed by atoms with Crippen LogP contribution in [-0.4, -0.2) is 35.0 Å². The topological polar surface area (TPSA) is 123 Å². The summed E-state index contributed by atoms with van der Waals surface area (Å²) in [7, 11) is 0. The van der Waals surface area contributed by atoms with E-state index < -0.39 is 30.0 Å². The summed E-state index contributed by atoms with van der Waals surface area (Å²) < 4.78 is 5.75. The normalized spacial score (nSPS) is 12.7. The molecule has 160 valence electrons. The number of hydrogen-bond donors (Lipinski definition) is 3. The van der Waals surface area contributed by atoms with Crippen molar-refractivity contribution in [1.29, 1.82) is 0 Å². The fraction of sp³-hybridized carbons (Fsp3) is 0.333. The summed E-state index contributed by atoms with van der Waals surface area (Å²) in [6, 6.07) is 10.8. The smallest absolute Gasteiger partial charge is 0.408 e. The Morgan fingerprint density at radius 1 is 1.10 bits per heavy atom. The van der Waals surface area contributed by atoms with E-state index in [0.717, 1.165) is 11.1 Å². The Morgan fingerprint density at radius 3 is 2.40 bits per heavy atom. The first-order valence-electron chi connectivity index (χ1n) is 9.44. The molecule has 0 saturated heterocycles. The van der Waals surface area contributed by atoms with E-state index in [1.54, 1.807) is 32.2 Å². The van der Waals surface area contributed by atoms with Gasteiger partial charge in [0.15, 0.2) is 0 Å². The van der Waals surface area contributed by atoms with Crippen molar-refractivity contribution in [3.63, 3.8) is 0 Å². The minimum Gasteiger partial charge on any atom is -0.445 e. The van der Waals surface area contributed by atoms with Gasteiger partial charge in [0, 0.05) is 12.6 Å². The zero-order valence-electron chi connectivity index (χ0n) is 16.8. The molecular formula is C21H25BrN4O4. The summed E-state index contributed by atoms with van der Waals surface area (Å²) in [6.45, 7) is 3.63. The van der Waals surface area contributed by atoms with Gasteiger partial charge < -0.3 is 21.1 Å². The second kappa shape index (κ2) is 11.3. The third-order valence-electron chi connectivity index (χ3n) is 4.36. The molecule has 8 nitrogen and oxygen atoms in total. The summed E-state index contributed by atoms with van der Waals surface area (Å²) in [5.74, 6) is -1.45. The Labute approximate surface area is 183 Å². The van der Waals surface area contributed by atoms with Crippen LogP contribution in [0.4, 0.5) is 4.79 Å². The molecule has 30 heavy (non-hydrogen) atoms. The number of benzene rings is 1. The Bertz CT molecular complexity index is 876. The van der Waals surface area contributed by atoms with Crippen LogP contribution in [0.5, 0.6) is 0 Å². The van der Waals surface area contributed by atoms with Crippen LogP contribution >= 0.6 is 15.9 Å². The number of hydrogen-bond acceptors (Lipinski definition) is 5. The lowest BCUT2D eigenvalue weighted by atomic mass is 10.0. The van der Waals surface area contributed by atoms with E-state index >= 15 is 0 Å². The van der Waals surface area contributed by atoms with E-state index in [9.17, 15) is 14.4 Å². The first kappa shape index (κ1) is 23.3. The number of primary amides is 1. The fourth-order valence-electron chi connectivity index (χ4n) is 2.70. The molecule has 0 spiro atoms. The number of nitrogens with one attached hydrogen (secondary N) is 2. The molecule has 9 heteroatoms. The Hall–Kier alpha value is -2.94. The highest BCUT2D eigenvalue weighted by Gasteiger charge is 2.29. The van der Waals surface area contributed by atoms with E-state index in [0.29, 0.717) is 4.60 Å². The number of carbonyl (C=O) groups excluding carboxylic acids is 3. The third kappa shape index (κ3) is 7.14. The molecule has 2 aromatic rings. The van der Waals surface area contributed by atoms with Crippen LogP contribution in [0.15, 0.2) is 53.3 Å². The van der Waals surface area contributed by atoms with Gasteiger partial charge in [-0.2, -0.15) is 0 Å². The van der Waals surface area contributed by atoms with Gasteiger partial charge in [-0.05, 0) is 39.0 Å². The zero-order chi connectivity index (χ0) is 22.1. The molecule has 1 aromatic carbocycles. The summed E-state index contributed by atoms with van der Waals surface area (Å²) >= 11 is 3.31. The van der Waals surface area contributed by atoms with Crippen molar-refractivity contribution in [2.75, 3.05) is 0 Å². The summed E-state index contributed by atoms with van der Waals surface area (Å²) in [5.41, 5.74) is 7.02. The van der Waals surface area contributed by atoms with Crippen molar-refractivity contribution < 1.29 is 19.1 Å². The second-order valence-corrected chi connectivity index (χ2v) is 7.80. The lowest BCUT2D eigenvalue weighted by molar-refractivity contribution is -0.129. The quantitative estimate of drug-likeness (QED) is 0.479. The average molecular weight is 477 g/mol. The van der Waals surface area contributed by atoms with Gasteiger partial charge >= 0.3 is 6.09 Å². The number of rotatable bonds is 9. The van der Waals surface area contributed by atoms with Crippen LogP contribution < -0.4 is 16.4 Å². The van der Waals surface area contributed by atoms with Crippen molar-refractivity contribution in [3.05, 3.63) is 64.4 Å². The summed E-state index contributed by atoms with van der Waals surface area (Å²) in [6.07, 6.45) is 1.04. The molecule has 1 heterocycles. The molecule has 0 aliphatic heterocycles. The van der Waals surface area contributed by atoms with Crippen molar-refractivity contribution >= 4 is 33.8 Å². The Kier molecular flexibility index (Phi) is 8.79. The molecular weight excluding hydrogens is 452 g/mol. The van der Waals surface area contributed by atoms with Crippen LogP contribution in [0, 0.1) is 5.92 Å². The maximum absolute atomic E-state index is 12.8. The number of amides is 3. The zero-order valence-corrected chi connectivity index (χ0v) is 18.4. The second-order valence-electron chi connectivity index (χ2n) is 7.05. The molecule has 0 fully saturated rings. The van der Waals surface area contributed by atoms with Crippen LogP contribution in [0.2, 0.25) is 0 Å². The van der Waals surface area contributed by atoms with Crippen molar-refractivity contribution in [1.82, 2.24) is 15.6 Å². The van der Waals surface area contributed by atoms with E-state index in [4.69, 9.17) is 10.5 Å². The minimum absolute atomic E-state index is 0.0814. The van der Waals surface area contributed by atoms with Gasteiger partial charge in [0.2, 0.25) is 11.8 Å². The Morgan fingerprint density at radius 2 is 1.80 bits per heavy atom. The van der Waals surface area contributed by atoms with Gasteiger partial charge in [0.25, 0.3) is 0 Å². The van der Waals surface area contributed by atoms with E-state index in [2.05, 4.69) is 31.5 Å². The van der Waals surface area contributed by atoms with Crippen molar-refractivity contribution in [2.45, 2.75) is 39.0 Å². The first-order valence-corrected chi connectivity index (χ1v) is 10.2. The largest absolute Gasteiger partial charge is 0.445 e. The van der Waals surface area contributed by atoms with Gasteiger partial charge in [-0.3, -0.25) is 9.59 Å². The highest BCUT2D eigenvalue weighted by molar-refractivity contribution is 9.10. The molecule has 0 radical (unpaired) electrons. The van der Waals surface area contributed by atoms with Crippen LogP contribution in [-0.2, 0) is 27.4 Å². The molecule has 4 N–H and O–H groups in total. The number of aromatic nitrogens is 1. The third-order valence-corrected chi connectivity index (χ3v) is 5.07. The van der Waals surface area contributed by atoms with E-state index in [-0.39, 0.29) is 18.9 Å². The highest BCUT2D eigenvalue weighted by atomic mass is 79.9. The van der Waals surface area contributed by atoms with Crippen molar-refractivity contribution in [3.8, 4) is 0 Å². The van der Waals surface area contributed by atoms with Crippen LogP contribution in [0.3, 0.4) is 0 Å². The van der Waals surface area contributed by atoms with Gasteiger partial charge in [0.1, 0.15) is 23.3 Å². The summed E-state index contributed by atoms with van der Waals surface area (Å²) in [5, 5.41) is 5.18. The summed E-state index contributed by atoms with van der Waals surface area (Å²) in [4.78, 5) is 40.9. The molecule has 2 atom stereocenters. The standard InChI is InChI=1S/C21H25BrN4O4/c1-13(2)17(26-21(29)30-12-14-7-4-3-5-8-14)20(28)25-16(19(23)27)11-15-9-6-10-24-18(15)22/h3-10,13,16-17H,11-12H2,1-2H3,(H2,23,27)(H,25,28)(H,26,29)/t16-,17+/m1/s1. The fourth-order valence-corrected chi connectivity index (χ4v) is 3.11. The SMILES string of the molecule is CC(C)[C@H](NC(=O)OCc1ccccc1)C(=O)N[C@H](Cc1cccnc1Br)C(N)=O. The number of pyridine rings is 1. The molecule has 1 aromatic heterocycles. The predicted molar refractivity (Wildman–Crippen MR) is 115 cm³/mol. The monoisotopic (exact) mass is 476 g/mol. The minimum atomic E-state index is -0.957. The van der Waals surface area contributed by atoms with Gasteiger partial charge in [0.05, 0.1) is 0 Å². The van der Waals surface area contributed by atoms with Gasteiger partial charge in [-0.1, -0.05) is 50.2 Å². The predicted octanol–water partition coefficient (Wildman–Crippen LogP) is 2.31. The van der Waals surface area contributed by atoms with E-state index in [1.165, 1.54) is 0 Å². The first-order chi connectivity index (χ1) is 14.3. The molecule has 0 bridgehead atoms. The average Bonchev–Trinajstić information content (AvgIpc) is 2.71. The number of nitrogens with two attached hydrogens (primary N) is 1. The lowest BCUT2D eigenvalue weighted by Gasteiger charge is -2.24. The molecule has 0 unspecified atom stereocenters.